The van der Waals surface area contributed by atoms with Gasteiger partial charge in [0.05, 0.1) is 6.61 Å². The summed E-state index contributed by atoms with van der Waals surface area (Å²) in [6.45, 7) is 2.16. The molecule has 1 aromatic rings. The zero-order chi connectivity index (χ0) is 12.3. The van der Waals surface area contributed by atoms with E-state index in [4.69, 9.17) is 9.84 Å². The molecular formula is C10H13NO5. The van der Waals surface area contributed by atoms with Crippen LogP contribution in [0.15, 0.2) is 10.9 Å². The van der Waals surface area contributed by atoms with E-state index >= 15 is 0 Å². The van der Waals surface area contributed by atoms with Crippen molar-refractivity contribution < 1.29 is 19.7 Å². The van der Waals surface area contributed by atoms with Gasteiger partial charge < -0.3 is 19.5 Å². The number of carbonyl (C=O) groups is 1. The summed E-state index contributed by atoms with van der Waals surface area (Å²) < 4.78 is 6.07. The molecular weight excluding hydrogens is 214 g/mol. The summed E-state index contributed by atoms with van der Waals surface area (Å²) in [4.78, 5) is 22.5. The van der Waals surface area contributed by atoms with Crippen molar-refractivity contribution in [3.8, 4) is 5.75 Å². The van der Waals surface area contributed by atoms with E-state index < -0.39 is 22.8 Å². The van der Waals surface area contributed by atoms with Crippen LogP contribution in [0, 0.1) is 6.92 Å². The first kappa shape index (κ1) is 12.3. The van der Waals surface area contributed by atoms with Gasteiger partial charge in [0.25, 0.3) is 5.56 Å². The highest BCUT2D eigenvalue weighted by Gasteiger charge is 2.18. The number of aromatic nitrogens is 1. The Morgan fingerprint density at radius 2 is 2.19 bits per heavy atom. The van der Waals surface area contributed by atoms with Gasteiger partial charge >= 0.3 is 5.97 Å². The zero-order valence-electron chi connectivity index (χ0n) is 9.06. The highest BCUT2D eigenvalue weighted by Crippen LogP contribution is 2.14. The molecule has 0 radical (unpaired) electrons. The van der Waals surface area contributed by atoms with Crippen LogP contribution in [-0.4, -0.2) is 34.5 Å². The lowest BCUT2D eigenvalue weighted by Crippen LogP contribution is -2.29. The number of carboxylic acid groups (broad SMARTS) is 1. The fourth-order valence-electron chi connectivity index (χ4n) is 1.41. The third-order valence-electron chi connectivity index (χ3n) is 2.22. The summed E-state index contributed by atoms with van der Waals surface area (Å²) >= 11 is 0. The minimum atomic E-state index is -1.44. The molecule has 0 unspecified atom stereocenters. The first-order valence-corrected chi connectivity index (χ1v) is 4.64. The molecule has 0 aliphatic rings. The Bertz CT molecular complexity index is 463. The monoisotopic (exact) mass is 227 g/mol. The molecule has 1 rings (SSSR count). The maximum atomic E-state index is 11.7. The van der Waals surface area contributed by atoms with Gasteiger partial charge in [0.15, 0.2) is 5.56 Å². The number of pyridine rings is 1. The van der Waals surface area contributed by atoms with Crippen molar-refractivity contribution in [1.29, 1.82) is 0 Å². The maximum absolute atomic E-state index is 11.7. The van der Waals surface area contributed by atoms with Crippen molar-refractivity contribution in [2.75, 3.05) is 13.7 Å². The molecule has 1 aromatic heterocycles. The van der Waals surface area contributed by atoms with E-state index in [2.05, 4.69) is 0 Å². The third-order valence-corrected chi connectivity index (χ3v) is 2.22. The molecule has 2 N–H and O–H groups in total. The van der Waals surface area contributed by atoms with Crippen LogP contribution in [0.5, 0.6) is 5.75 Å². The van der Waals surface area contributed by atoms with Crippen LogP contribution in [0.1, 0.15) is 16.1 Å². The van der Waals surface area contributed by atoms with Crippen LogP contribution in [-0.2, 0) is 11.3 Å². The lowest BCUT2D eigenvalue weighted by Gasteiger charge is -2.11. The molecule has 0 saturated heterocycles. The van der Waals surface area contributed by atoms with Gasteiger partial charge in [-0.15, -0.1) is 0 Å². The Morgan fingerprint density at radius 1 is 1.56 bits per heavy atom. The minimum Gasteiger partial charge on any atom is -0.507 e. The molecule has 0 amide bonds. The van der Waals surface area contributed by atoms with Gasteiger partial charge in [0, 0.05) is 25.4 Å². The summed E-state index contributed by atoms with van der Waals surface area (Å²) in [6, 6.07) is 1.25. The minimum absolute atomic E-state index is 0.252. The molecule has 0 bridgehead atoms. The van der Waals surface area contributed by atoms with Crippen molar-refractivity contribution in [2.45, 2.75) is 13.5 Å². The van der Waals surface area contributed by atoms with Gasteiger partial charge in [-0.2, -0.15) is 0 Å². The zero-order valence-corrected chi connectivity index (χ0v) is 9.06. The number of ether oxygens (including phenoxy) is 1. The molecule has 0 aromatic carbocycles. The van der Waals surface area contributed by atoms with Gasteiger partial charge in [-0.25, -0.2) is 4.79 Å². The Hall–Kier alpha value is -1.82. The van der Waals surface area contributed by atoms with E-state index in [9.17, 15) is 14.7 Å². The highest BCUT2D eigenvalue weighted by molar-refractivity contribution is 5.90. The Kier molecular flexibility index (Phi) is 3.68. The fraction of sp³-hybridized carbons (Fsp3) is 0.400. The van der Waals surface area contributed by atoms with Gasteiger partial charge in [0.2, 0.25) is 0 Å². The van der Waals surface area contributed by atoms with Crippen molar-refractivity contribution in [3.05, 3.63) is 27.7 Å². The number of aromatic hydroxyl groups is 1. The molecule has 0 saturated carbocycles. The number of hydrogen-bond acceptors (Lipinski definition) is 4. The standard InChI is InChI=1S/C10H13NO5/c1-6-5-7(12)8(10(14)15)9(13)11(6)3-4-16-2/h5,12H,3-4H2,1-2H3,(H,14,15). The number of methoxy groups -OCH3 is 1. The predicted molar refractivity (Wildman–Crippen MR) is 55.9 cm³/mol. The van der Waals surface area contributed by atoms with Crippen LogP contribution in [0.2, 0.25) is 0 Å². The fourth-order valence-corrected chi connectivity index (χ4v) is 1.41. The summed E-state index contributed by atoms with van der Waals surface area (Å²) in [7, 11) is 1.49. The van der Waals surface area contributed by atoms with Crippen LogP contribution in [0.4, 0.5) is 0 Å². The van der Waals surface area contributed by atoms with Gasteiger partial charge in [-0.05, 0) is 6.92 Å². The molecule has 6 nitrogen and oxygen atoms in total. The number of nitrogens with zero attached hydrogens (tertiary/aromatic N) is 1. The Balaban J connectivity index is 3.34. The number of hydrogen-bond donors (Lipinski definition) is 2. The molecule has 0 aliphatic heterocycles. The largest absolute Gasteiger partial charge is 0.507 e. The molecule has 88 valence electrons. The second-order valence-corrected chi connectivity index (χ2v) is 3.30. The van der Waals surface area contributed by atoms with Crippen LogP contribution in [0.25, 0.3) is 0 Å². The normalized spacial score (nSPS) is 10.4. The van der Waals surface area contributed by atoms with Gasteiger partial charge in [-0.1, -0.05) is 0 Å². The molecule has 16 heavy (non-hydrogen) atoms. The smallest absolute Gasteiger partial charge is 0.345 e. The van der Waals surface area contributed by atoms with E-state index in [0.29, 0.717) is 12.3 Å². The van der Waals surface area contributed by atoms with Crippen molar-refractivity contribution in [3.63, 3.8) is 0 Å². The first-order chi connectivity index (χ1) is 7.49. The quantitative estimate of drug-likeness (QED) is 0.767. The summed E-state index contributed by atoms with van der Waals surface area (Å²) in [6.07, 6.45) is 0. The number of carboxylic acids is 1. The Morgan fingerprint density at radius 3 is 2.69 bits per heavy atom. The van der Waals surface area contributed by atoms with Crippen LogP contribution >= 0.6 is 0 Å². The van der Waals surface area contributed by atoms with Crippen molar-refractivity contribution in [2.24, 2.45) is 0 Å². The number of aryl methyl sites for hydroxylation is 1. The Labute approximate surface area is 91.7 Å². The SMILES string of the molecule is COCCn1c(C)cc(O)c(C(=O)O)c1=O. The van der Waals surface area contributed by atoms with E-state index in [0.717, 1.165) is 0 Å². The summed E-state index contributed by atoms with van der Waals surface area (Å²) in [5.41, 5.74) is -0.840. The maximum Gasteiger partial charge on any atom is 0.345 e. The number of aromatic carboxylic acids is 1. The predicted octanol–water partition coefficient (Wildman–Crippen LogP) is 0.207. The molecule has 1 heterocycles. The average Bonchev–Trinajstić information content (AvgIpc) is 2.16. The van der Waals surface area contributed by atoms with Crippen molar-refractivity contribution in [1.82, 2.24) is 4.57 Å². The van der Waals surface area contributed by atoms with E-state index in [1.165, 1.54) is 17.7 Å². The van der Waals surface area contributed by atoms with Gasteiger partial charge in [0.1, 0.15) is 5.75 Å². The van der Waals surface area contributed by atoms with Crippen molar-refractivity contribution >= 4 is 5.97 Å². The third kappa shape index (κ3) is 2.22. The lowest BCUT2D eigenvalue weighted by atomic mass is 10.2. The van der Waals surface area contributed by atoms with Crippen LogP contribution in [0.3, 0.4) is 0 Å². The average molecular weight is 227 g/mol. The van der Waals surface area contributed by atoms with Gasteiger partial charge in [-0.3, -0.25) is 4.79 Å². The van der Waals surface area contributed by atoms with E-state index in [1.54, 1.807) is 6.92 Å². The second-order valence-electron chi connectivity index (χ2n) is 3.30. The topological polar surface area (TPSA) is 88.8 Å². The highest BCUT2D eigenvalue weighted by atomic mass is 16.5. The molecule has 0 spiro atoms. The number of rotatable bonds is 4. The molecule has 0 atom stereocenters. The lowest BCUT2D eigenvalue weighted by molar-refractivity contribution is 0.0690. The van der Waals surface area contributed by atoms with Crippen LogP contribution < -0.4 is 5.56 Å². The molecule has 6 heteroatoms. The summed E-state index contributed by atoms with van der Waals surface area (Å²) in [5.74, 6) is -1.95. The second kappa shape index (κ2) is 4.80. The molecule has 0 aliphatic carbocycles. The first-order valence-electron chi connectivity index (χ1n) is 4.64. The van der Waals surface area contributed by atoms with E-state index in [1.807, 2.05) is 0 Å². The summed E-state index contributed by atoms with van der Waals surface area (Å²) in [5, 5.41) is 18.1. The molecule has 0 fully saturated rings. The van der Waals surface area contributed by atoms with E-state index in [-0.39, 0.29) is 6.54 Å².